The highest BCUT2D eigenvalue weighted by Crippen LogP contribution is 2.20. The summed E-state index contributed by atoms with van der Waals surface area (Å²) in [6.07, 6.45) is 4.93. The van der Waals surface area contributed by atoms with E-state index < -0.39 is 9.85 Å². The maximum Gasteiger partial charge on any atom is 0.273 e. The van der Waals surface area contributed by atoms with Gasteiger partial charge in [0, 0.05) is 40.9 Å². The largest absolute Gasteiger partial charge is 0.399 e. The Bertz CT molecular complexity index is 1430. The smallest absolute Gasteiger partial charge is 0.273 e. The number of Topliss-reactive ketones (excluding diaryl/α,β-unsaturated/α-hetero) is 1. The summed E-state index contributed by atoms with van der Waals surface area (Å²) in [5.41, 5.74) is 11.0. The van der Waals surface area contributed by atoms with Crippen molar-refractivity contribution in [2.75, 3.05) is 5.73 Å². The number of nitrogens with two attached hydrogens (primary N) is 1. The number of aryl methyl sites for hydroxylation is 4. The Balaban J connectivity index is 0.000000302. The van der Waals surface area contributed by atoms with Crippen LogP contribution in [0.2, 0.25) is 0 Å². The van der Waals surface area contributed by atoms with Crippen molar-refractivity contribution in [1.29, 1.82) is 0 Å². The molecule has 210 valence electrons. The van der Waals surface area contributed by atoms with E-state index in [2.05, 4.69) is 0 Å². The Morgan fingerprint density at radius 1 is 0.800 bits per heavy atom. The highest BCUT2D eigenvalue weighted by molar-refractivity contribution is 5.91. The van der Waals surface area contributed by atoms with Gasteiger partial charge < -0.3 is 10.5 Å². The summed E-state index contributed by atoms with van der Waals surface area (Å²) in [5, 5.41) is 21.0. The van der Waals surface area contributed by atoms with Gasteiger partial charge in [0.15, 0.2) is 5.78 Å². The maximum absolute atomic E-state index is 10.7. The standard InChI is InChI=1S/C11H11NO3.C11H15NO.C8H7NO3/c1-8-3-5-10(6-4-9(2)13)7-11(8)12(14)15;1-8-3-5-10(7-11(8)12)6-4-9(2)13;1-6-2-3-7(5-10)4-8(6)9(11)12/h3-7H,1-2H3;3,5,7H,4,6,12H2,1-2H3;2-5H,1H3/b6-4-;;. The van der Waals surface area contributed by atoms with Gasteiger partial charge >= 0.3 is 0 Å². The van der Waals surface area contributed by atoms with Gasteiger partial charge in [0.25, 0.3) is 11.4 Å². The number of aldehydes is 1. The van der Waals surface area contributed by atoms with Crippen LogP contribution >= 0.6 is 0 Å². The van der Waals surface area contributed by atoms with Crippen molar-refractivity contribution in [2.24, 2.45) is 0 Å². The number of nitrogen functional groups attached to an aromatic ring is 1. The molecule has 0 heterocycles. The van der Waals surface area contributed by atoms with Gasteiger partial charge in [0.2, 0.25) is 0 Å². The molecule has 0 aliphatic rings. The lowest BCUT2D eigenvalue weighted by atomic mass is 10.1. The number of nitrogens with zero attached hydrogens (tertiary/aromatic N) is 2. The average molecular weight is 548 g/mol. The molecule has 0 aliphatic heterocycles. The van der Waals surface area contributed by atoms with Crippen molar-refractivity contribution in [2.45, 2.75) is 47.5 Å². The lowest BCUT2D eigenvalue weighted by molar-refractivity contribution is -0.385. The maximum atomic E-state index is 10.7. The molecule has 0 fully saturated rings. The molecule has 10 nitrogen and oxygen atoms in total. The first kappa shape index (κ1) is 33.0. The number of rotatable bonds is 8. The van der Waals surface area contributed by atoms with Crippen LogP contribution < -0.4 is 5.73 Å². The number of carbonyl (C=O) groups is 3. The van der Waals surface area contributed by atoms with Crippen LogP contribution in [0.4, 0.5) is 17.1 Å². The molecular weight excluding hydrogens is 514 g/mol. The Morgan fingerprint density at radius 3 is 1.75 bits per heavy atom. The van der Waals surface area contributed by atoms with Crippen molar-refractivity contribution in [3.05, 3.63) is 114 Å². The van der Waals surface area contributed by atoms with Crippen molar-refractivity contribution in [3.63, 3.8) is 0 Å². The zero-order chi connectivity index (χ0) is 30.4. The molecule has 0 spiro atoms. The van der Waals surface area contributed by atoms with Gasteiger partial charge in [-0.25, -0.2) is 0 Å². The second-order valence-electron chi connectivity index (χ2n) is 9.06. The minimum absolute atomic E-state index is 0.0143. The third-order valence-electron chi connectivity index (χ3n) is 5.62. The SMILES string of the molecule is CC(=O)/C=C\c1ccc(C)c([N+](=O)[O-])c1.CC(=O)CCc1ccc(C)c(N)c1.Cc1ccc(C=O)cc1[N+](=O)[O-]. The summed E-state index contributed by atoms with van der Waals surface area (Å²) in [6, 6.07) is 15.2. The quantitative estimate of drug-likeness (QED) is 0.112. The molecule has 0 atom stereocenters. The van der Waals surface area contributed by atoms with Gasteiger partial charge in [-0.3, -0.25) is 29.8 Å². The van der Waals surface area contributed by atoms with Gasteiger partial charge in [-0.05, 0) is 69.9 Å². The molecule has 0 unspecified atom stereocenters. The third-order valence-corrected chi connectivity index (χ3v) is 5.62. The van der Waals surface area contributed by atoms with Gasteiger partial charge in [-0.15, -0.1) is 0 Å². The van der Waals surface area contributed by atoms with E-state index in [1.807, 2.05) is 25.1 Å². The van der Waals surface area contributed by atoms with E-state index in [0.29, 0.717) is 35.0 Å². The minimum atomic E-state index is -0.498. The summed E-state index contributed by atoms with van der Waals surface area (Å²) in [4.78, 5) is 51.8. The normalized spacial score (nSPS) is 10.0. The van der Waals surface area contributed by atoms with Crippen LogP contribution in [0, 0.1) is 41.0 Å². The molecule has 0 aliphatic carbocycles. The summed E-state index contributed by atoms with van der Waals surface area (Å²) < 4.78 is 0. The van der Waals surface area contributed by atoms with Crippen molar-refractivity contribution >= 4 is 41.0 Å². The molecule has 3 aromatic rings. The van der Waals surface area contributed by atoms with E-state index in [4.69, 9.17) is 5.73 Å². The fraction of sp³-hybridized carbons (Fsp3) is 0.233. The first-order valence-electron chi connectivity index (χ1n) is 12.2. The molecule has 10 heteroatoms. The van der Waals surface area contributed by atoms with E-state index in [0.717, 1.165) is 23.2 Å². The second-order valence-corrected chi connectivity index (χ2v) is 9.06. The highest BCUT2D eigenvalue weighted by atomic mass is 16.6. The number of hydrogen-bond acceptors (Lipinski definition) is 8. The third kappa shape index (κ3) is 11.6. The van der Waals surface area contributed by atoms with Crippen molar-refractivity contribution in [1.82, 2.24) is 0 Å². The van der Waals surface area contributed by atoms with Crippen LogP contribution in [-0.2, 0) is 16.0 Å². The highest BCUT2D eigenvalue weighted by Gasteiger charge is 2.10. The Kier molecular flexibility index (Phi) is 13.3. The number of benzene rings is 3. The molecule has 0 aromatic heterocycles. The molecule has 0 bridgehead atoms. The minimum Gasteiger partial charge on any atom is -0.399 e. The molecular formula is C30H33N3O7. The zero-order valence-electron chi connectivity index (χ0n) is 23.2. The predicted octanol–water partition coefficient (Wildman–Crippen LogP) is 6.32. The van der Waals surface area contributed by atoms with Gasteiger partial charge in [-0.2, -0.15) is 0 Å². The van der Waals surface area contributed by atoms with Crippen LogP contribution in [-0.4, -0.2) is 27.7 Å². The Labute approximate surface area is 232 Å². The number of anilines is 1. The van der Waals surface area contributed by atoms with E-state index in [1.165, 1.54) is 25.1 Å². The number of hydrogen-bond donors (Lipinski definition) is 1. The second kappa shape index (κ2) is 16.1. The molecule has 0 saturated carbocycles. The number of ketones is 2. The monoisotopic (exact) mass is 547 g/mol. The van der Waals surface area contributed by atoms with Crippen LogP contribution in [0.1, 0.15) is 58.4 Å². The first-order valence-corrected chi connectivity index (χ1v) is 12.2. The molecule has 0 amide bonds. The summed E-state index contributed by atoms with van der Waals surface area (Å²) in [6.45, 7) is 8.32. The molecule has 3 aromatic carbocycles. The predicted molar refractivity (Wildman–Crippen MR) is 155 cm³/mol. The van der Waals surface area contributed by atoms with Crippen LogP contribution in [0.25, 0.3) is 6.08 Å². The number of nitro groups is 2. The van der Waals surface area contributed by atoms with Crippen molar-refractivity contribution < 1.29 is 24.2 Å². The average Bonchev–Trinajstić information content (AvgIpc) is 2.89. The Morgan fingerprint density at radius 2 is 1.30 bits per heavy atom. The molecule has 3 rings (SSSR count). The van der Waals surface area contributed by atoms with Gasteiger partial charge in [0.1, 0.15) is 12.1 Å². The summed E-state index contributed by atoms with van der Waals surface area (Å²) in [5.74, 6) is 0.136. The van der Waals surface area contributed by atoms with E-state index in [1.54, 1.807) is 51.1 Å². The first-order chi connectivity index (χ1) is 18.7. The van der Waals surface area contributed by atoms with Crippen LogP contribution in [0.3, 0.4) is 0 Å². The number of allylic oxidation sites excluding steroid dienone is 1. The van der Waals surface area contributed by atoms with Crippen molar-refractivity contribution in [3.8, 4) is 0 Å². The van der Waals surface area contributed by atoms with Crippen LogP contribution in [0.15, 0.2) is 60.7 Å². The topological polar surface area (TPSA) is 164 Å². The lowest BCUT2D eigenvalue weighted by Crippen LogP contribution is -1.96. The fourth-order valence-electron chi connectivity index (χ4n) is 3.20. The lowest BCUT2D eigenvalue weighted by Gasteiger charge is -2.03. The molecule has 0 saturated heterocycles. The molecule has 2 N–H and O–H groups in total. The van der Waals surface area contributed by atoms with E-state index in [-0.39, 0.29) is 22.9 Å². The number of carbonyl (C=O) groups excluding carboxylic acids is 3. The summed E-state index contributed by atoms with van der Waals surface area (Å²) >= 11 is 0. The summed E-state index contributed by atoms with van der Waals surface area (Å²) in [7, 11) is 0. The Hall–Kier alpha value is -4.99. The zero-order valence-corrected chi connectivity index (χ0v) is 23.2. The fourth-order valence-corrected chi connectivity index (χ4v) is 3.20. The van der Waals surface area contributed by atoms with E-state index in [9.17, 15) is 34.6 Å². The van der Waals surface area contributed by atoms with Crippen LogP contribution in [0.5, 0.6) is 0 Å². The van der Waals surface area contributed by atoms with E-state index >= 15 is 0 Å². The van der Waals surface area contributed by atoms with Gasteiger partial charge in [-0.1, -0.05) is 42.5 Å². The van der Waals surface area contributed by atoms with Gasteiger partial charge in [0.05, 0.1) is 9.85 Å². The number of nitro benzene ring substituents is 2. The molecule has 0 radical (unpaired) electrons. The molecule has 40 heavy (non-hydrogen) atoms.